The molecular formula is C15H28N2OS. The number of hydrogen-bond donors (Lipinski definition) is 2. The first-order valence-corrected chi connectivity index (χ1v) is 8.78. The van der Waals surface area contributed by atoms with Gasteiger partial charge in [-0.1, -0.05) is 26.7 Å². The van der Waals surface area contributed by atoms with Crippen LogP contribution in [0.1, 0.15) is 52.4 Å². The van der Waals surface area contributed by atoms with Crippen LogP contribution in [-0.2, 0) is 4.79 Å². The van der Waals surface area contributed by atoms with E-state index in [4.69, 9.17) is 0 Å². The van der Waals surface area contributed by atoms with Crippen molar-refractivity contribution in [2.45, 2.75) is 63.2 Å². The van der Waals surface area contributed by atoms with Crippen LogP contribution in [0.5, 0.6) is 0 Å². The lowest BCUT2D eigenvalue weighted by atomic mass is 9.77. The zero-order valence-electron chi connectivity index (χ0n) is 12.6. The number of carbonyl (C=O) groups is 1. The van der Waals surface area contributed by atoms with E-state index in [0.717, 1.165) is 19.5 Å². The van der Waals surface area contributed by atoms with Crippen molar-refractivity contribution in [3.05, 3.63) is 0 Å². The molecule has 0 bridgehead atoms. The van der Waals surface area contributed by atoms with Crippen molar-refractivity contribution in [1.29, 1.82) is 0 Å². The molecule has 3 nitrogen and oxygen atoms in total. The first-order valence-electron chi connectivity index (χ1n) is 7.55. The smallest absolute Gasteiger partial charge is 0.237 e. The van der Waals surface area contributed by atoms with Gasteiger partial charge in [0.1, 0.15) is 0 Å². The molecule has 0 aromatic heterocycles. The fraction of sp³-hybridized carbons (Fsp3) is 0.933. The molecule has 1 amide bonds. The van der Waals surface area contributed by atoms with Crippen LogP contribution in [-0.4, -0.2) is 36.0 Å². The summed E-state index contributed by atoms with van der Waals surface area (Å²) < 4.78 is 0.300. The number of amides is 1. The molecule has 0 aromatic rings. The number of nitrogens with one attached hydrogen (secondary N) is 2. The molecule has 1 saturated heterocycles. The van der Waals surface area contributed by atoms with E-state index in [9.17, 15) is 4.79 Å². The molecule has 19 heavy (non-hydrogen) atoms. The van der Waals surface area contributed by atoms with Gasteiger partial charge < -0.3 is 10.6 Å². The van der Waals surface area contributed by atoms with Gasteiger partial charge in [0.2, 0.25) is 5.91 Å². The third-order valence-electron chi connectivity index (χ3n) is 4.92. The fourth-order valence-electron chi connectivity index (χ4n) is 3.48. The van der Waals surface area contributed by atoms with Crippen molar-refractivity contribution in [2.24, 2.45) is 5.41 Å². The second-order valence-electron chi connectivity index (χ2n) is 6.79. The van der Waals surface area contributed by atoms with Gasteiger partial charge >= 0.3 is 0 Å². The predicted octanol–water partition coefficient (Wildman–Crippen LogP) is 2.56. The van der Waals surface area contributed by atoms with Gasteiger partial charge in [0.25, 0.3) is 0 Å². The van der Waals surface area contributed by atoms with E-state index in [1.54, 1.807) is 0 Å². The third kappa shape index (κ3) is 3.46. The average molecular weight is 284 g/mol. The number of rotatable bonds is 4. The molecule has 4 heteroatoms. The van der Waals surface area contributed by atoms with Gasteiger partial charge in [0.15, 0.2) is 0 Å². The molecule has 2 N–H and O–H groups in total. The van der Waals surface area contributed by atoms with Crippen molar-refractivity contribution in [1.82, 2.24) is 10.6 Å². The topological polar surface area (TPSA) is 41.1 Å². The minimum atomic E-state index is -0.0263. The molecule has 2 fully saturated rings. The second kappa shape index (κ2) is 6.04. The minimum Gasteiger partial charge on any atom is -0.353 e. The lowest BCUT2D eigenvalue weighted by Gasteiger charge is -2.39. The van der Waals surface area contributed by atoms with Crippen molar-refractivity contribution < 1.29 is 4.79 Å². The Balaban J connectivity index is 1.90. The maximum absolute atomic E-state index is 12.4. The van der Waals surface area contributed by atoms with Crippen LogP contribution in [0, 0.1) is 5.41 Å². The highest BCUT2D eigenvalue weighted by Gasteiger charge is 2.39. The van der Waals surface area contributed by atoms with Gasteiger partial charge in [0, 0.05) is 11.3 Å². The van der Waals surface area contributed by atoms with Crippen molar-refractivity contribution in [3.8, 4) is 0 Å². The second-order valence-corrected chi connectivity index (χ2v) is 8.07. The number of hydrogen-bond acceptors (Lipinski definition) is 3. The Kier molecular flexibility index (Phi) is 4.83. The van der Waals surface area contributed by atoms with E-state index in [1.807, 2.05) is 11.8 Å². The molecule has 1 saturated carbocycles. The number of carbonyl (C=O) groups excluding carboxylic acids is 1. The van der Waals surface area contributed by atoms with Gasteiger partial charge in [0.05, 0.1) is 6.04 Å². The summed E-state index contributed by atoms with van der Waals surface area (Å²) in [5, 5.41) is 6.62. The standard InChI is InChI=1S/C15H28N2OS/c1-14(2)7-6-10-16-12(14)13(18)17-11-15(19-3)8-4-5-9-15/h12,16H,4-11H2,1-3H3,(H,17,18). The first kappa shape index (κ1) is 15.2. The summed E-state index contributed by atoms with van der Waals surface area (Å²) in [6.45, 7) is 6.20. The zero-order valence-corrected chi connectivity index (χ0v) is 13.4. The molecule has 0 aromatic carbocycles. The summed E-state index contributed by atoms with van der Waals surface area (Å²) in [4.78, 5) is 12.4. The molecule has 2 rings (SSSR count). The van der Waals surface area contributed by atoms with E-state index in [2.05, 4.69) is 30.7 Å². The lowest BCUT2D eigenvalue weighted by Crippen LogP contribution is -2.57. The summed E-state index contributed by atoms with van der Waals surface area (Å²) in [5.74, 6) is 0.199. The number of thioether (sulfide) groups is 1. The molecule has 1 unspecified atom stereocenters. The van der Waals surface area contributed by atoms with E-state index >= 15 is 0 Å². The van der Waals surface area contributed by atoms with Crippen LogP contribution in [0.25, 0.3) is 0 Å². The first-order chi connectivity index (χ1) is 8.99. The average Bonchev–Trinajstić information content (AvgIpc) is 2.85. The van der Waals surface area contributed by atoms with Gasteiger partial charge in [-0.3, -0.25) is 4.79 Å². The highest BCUT2D eigenvalue weighted by atomic mass is 32.2. The maximum Gasteiger partial charge on any atom is 0.237 e. The molecule has 0 radical (unpaired) electrons. The Morgan fingerprint density at radius 2 is 1.95 bits per heavy atom. The lowest BCUT2D eigenvalue weighted by molar-refractivity contribution is -0.126. The van der Waals surface area contributed by atoms with E-state index in [1.165, 1.54) is 32.1 Å². The number of piperidine rings is 1. The van der Waals surface area contributed by atoms with E-state index in [-0.39, 0.29) is 17.4 Å². The van der Waals surface area contributed by atoms with Crippen LogP contribution >= 0.6 is 11.8 Å². The Hall–Kier alpha value is -0.220. The largest absolute Gasteiger partial charge is 0.353 e. The Labute approximate surface area is 121 Å². The summed E-state index contributed by atoms with van der Waals surface area (Å²) in [5.41, 5.74) is 0.0739. The quantitative estimate of drug-likeness (QED) is 0.833. The van der Waals surface area contributed by atoms with Crippen LogP contribution in [0.4, 0.5) is 0 Å². The summed E-state index contributed by atoms with van der Waals surface area (Å²) in [7, 11) is 0. The van der Waals surface area contributed by atoms with Crippen molar-refractivity contribution in [3.63, 3.8) is 0 Å². The molecule has 1 heterocycles. The highest BCUT2D eigenvalue weighted by Crippen LogP contribution is 2.39. The predicted molar refractivity (Wildman–Crippen MR) is 82.5 cm³/mol. The SMILES string of the molecule is CSC1(CNC(=O)C2NCCCC2(C)C)CCCC1. The molecule has 2 aliphatic rings. The van der Waals surface area contributed by atoms with Gasteiger partial charge in [-0.05, 0) is 43.9 Å². The van der Waals surface area contributed by atoms with Gasteiger partial charge in [-0.2, -0.15) is 11.8 Å². The molecule has 1 aliphatic heterocycles. The Morgan fingerprint density at radius 1 is 1.26 bits per heavy atom. The summed E-state index contributed by atoms with van der Waals surface area (Å²) in [6.07, 6.45) is 9.59. The highest BCUT2D eigenvalue weighted by molar-refractivity contribution is 8.00. The zero-order chi connectivity index (χ0) is 13.9. The van der Waals surface area contributed by atoms with Crippen LogP contribution in [0.15, 0.2) is 0 Å². The van der Waals surface area contributed by atoms with Crippen LogP contribution in [0.3, 0.4) is 0 Å². The fourth-order valence-corrected chi connectivity index (χ4v) is 4.39. The molecule has 1 aliphatic carbocycles. The minimum absolute atomic E-state index is 0.0263. The summed E-state index contributed by atoms with van der Waals surface area (Å²) >= 11 is 1.93. The molecule has 0 spiro atoms. The van der Waals surface area contributed by atoms with E-state index < -0.39 is 0 Å². The monoisotopic (exact) mass is 284 g/mol. The third-order valence-corrected chi connectivity index (χ3v) is 6.34. The van der Waals surface area contributed by atoms with Crippen molar-refractivity contribution in [2.75, 3.05) is 19.3 Å². The molecular weight excluding hydrogens is 256 g/mol. The Bertz CT molecular complexity index is 324. The molecule has 1 atom stereocenters. The van der Waals surface area contributed by atoms with Crippen LogP contribution in [0.2, 0.25) is 0 Å². The Morgan fingerprint density at radius 3 is 2.53 bits per heavy atom. The normalized spacial score (nSPS) is 29.1. The van der Waals surface area contributed by atoms with E-state index in [0.29, 0.717) is 4.75 Å². The maximum atomic E-state index is 12.4. The molecule has 110 valence electrons. The van der Waals surface area contributed by atoms with Gasteiger partial charge in [-0.15, -0.1) is 0 Å². The van der Waals surface area contributed by atoms with Crippen molar-refractivity contribution >= 4 is 17.7 Å². The summed E-state index contributed by atoms with van der Waals surface area (Å²) in [6, 6.07) is -0.0263. The van der Waals surface area contributed by atoms with Gasteiger partial charge in [-0.25, -0.2) is 0 Å². The van der Waals surface area contributed by atoms with Crippen LogP contribution < -0.4 is 10.6 Å².